The van der Waals surface area contributed by atoms with Crippen LogP contribution in [0.4, 0.5) is 0 Å². The van der Waals surface area contributed by atoms with Crippen molar-refractivity contribution in [2.75, 3.05) is 7.11 Å². The van der Waals surface area contributed by atoms with Crippen molar-refractivity contribution in [3.05, 3.63) is 17.5 Å². The van der Waals surface area contributed by atoms with Gasteiger partial charge in [0.25, 0.3) is 5.16 Å². The molecule has 1 atom stereocenters. The molecule has 104 valence electrons. The molecule has 0 amide bonds. The monoisotopic (exact) mass is 309 g/mol. The summed E-state index contributed by atoms with van der Waals surface area (Å²) in [7, 11) is 2.78. The van der Waals surface area contributed by atoms with E-state index in [1.165, 1.54) is 10.8 Å². The number of nitrogens with zero attached hydrogens (tertiary/aromatic N) is 6. The minimum absolute atomic E-state index is 0.222. The zero-order chi connectivity index (χ0) is 14.1. The van der Waals surface area contributed by atoms with Crippen LogP contribution in [0.25, 0.3) is 11.0 Å². The molecule has 3 aromatic rings. The molecule has 0 fully saturated rings. The van der Waals surface area contributed by atoms with E-state index in [2.05, 4.69) is 30.3 Å². The first-order valence-corrected chi connectivity index (χ1v) is 8.56. The predicted octanol–water partition coefficient (Wildman–Crippen LogP) is 2.51. The van der Waals surface area contributed by atoms with E-state index in [0.29, 0.717) is 11.5 Å². The van der Waals surface area contributed by atoms with Crippen LogP contribution in [-0.4, -0.2) is 36.7 Å². The summed E-state index contributed by atoms with van der Waals surface area (Å²) in [5.74, 6) is 0.573. The van der Waals surface area contributed by atoms with Crippen LogP contribution >= 0.6 is 20.5 Å². The number of fused-ring (bicyclic) bond motifs is 1. The van der Waals surface area contributed by atoms with Gasteiger partial charge in [-0.2, -0.15) is 4.98 Å². The van der Waals surface area contributed by atoms with E-state index in [-0.39, 0.29) is 15.7 Å². The molecule has 0 aliphatic carbocycles. The van der Waals surface area contributed by atoms with Crippen LogP contribution in [0, 0.1) is 0 Å². The van der Waals surface area contributed by atoms with Gasteiger partial charge in [-0.15, -0.1) is 0 Å². The minimum atomic E-state index is -0.355. The largest absolute Gasteiger partial charge is 0.481 e. The van der Waals surface area contributed by atoms with Crippen molar-refractivity contribution in [1.29, 1.82) is 0 Å². The molecular formula is C11H13N6OS2+. The molecule has 0 radical (unpaired) electrons. The Morgan fingerprint density at radius 3 is 2.95 bits per heavy atom. The van der Waals surface area contributed by atoms with Crippen LogP contribution < -0.4 is 4.74 Å². The Labute approximate surface area is 121 Å². The highest BCUT2D eigenvalue weighted by Crippen LogP contribution is 2.38. The lowest BCUT2D eigenvalue weighted by molar-refractivity contribution is 0.399. The van der Waals surface area contributed by atoms with Crippen molar-refractivity contribution in [3.8, 4) is 5.88 Å². The molecule has 0 N–H and O–H groups in total. The minimum Gasteiger partial charge on any atom is -0.481 e. The summed E-state index contributed by atoms with van der Waals surface area (Å²) in [5.41, 5.74) is 0.712. The summed E-state index contributed by atoms with van der Waals surface area (Å²) in [4.78, 5) is 4.32. The van der Waals surface area contributed by atoms with Crippen LogP contribution in [0.1, 0.15) is 19.9 Å². The number of methoxy groups -OCH3 is 1. The fourth-order valence-electron chi connectivity index (χ4n) is 1.62. The zero-order valence-electron chi connectivity index (χ0n) is 11.2. The third-order valence-electron chi connectivity index (χ3n) is 2.60. The first-order chi connectivity index (χ1) is 9.67. The zero-order valence-corrected chi connectivity index (χ0v) is 12.9. The van der Waals surface area contributed by atoms with Crippen LogP contribution in [0.3, 0.4) is 0 Å². The van der Waals surface area contributed by atoms with Gasteiger partial charge in [0.1, 0.15) is 0 Å². The van der Waals surface area contributed by atoms with Crippen LogP contribution in [0.15, 0.2) is 22.7 Å². The second-order valence-electron chi connectivity index (χ2n) is 4.33. The summed E-state index contributed by atoms with van der Waals surface area (Å²) in [5, 5.41) is 15.6. The fourth-order valence-corrected chi connectivity index (χ4v) is 4.59. The number of rotatable bonds is 4. The van der Waals surface area contributed by atoms with E-state index >= 15 is 0 Å². The molecule has 0 spiro atoms. The third kappa shape index (κ3) is 2.46. The second kappa shape index (κ2) is 5.33. The lowest BCUT2D eigenvalue weighted by Gasteiger charge is -2.02. The molecule has 0 aromatic carbocycles. The molecule has 1 unspecified atom stereocenters. The summed E-state index contributed by atoms with van der Waals surface area (Å²) < 4.78 is 11.5. The van der Waals surface area contributed by atoms with E-state index in [0.717, 1.165) is 10.5 Å². The van der Waals surface area contributed by atoms with E-state index in [9.17, 15) is 0 Å². The van der Waals surface area contributed by atoms with Gasteiger partial charge in [-0.1, -0.05) is 5.10 Å². The highest BCUT2D eigenvalue weighted by atomic mass is 33.1. The number of hydrogen-bond donors (Lipinski definition) is 0. The topological polar surface area (TPSA) is 78.6 Å². The fraction of sp³-hybridized carbons (Fsp3) is 0.364. The smallest absolute Gasteiger partial charge is 0.269 e. The van der Waals surface area contributed by atoms with E-state index in [1.807, 2.05) is 26.0 Å². The average Bonchev–Trinajstić information content (AvgIpc) is 3.03. The van der Waals surface area contributed by atoms with Crippen molar-refractivity contribution in [2.45, 2.75) is 25.0 Å². The van der Waals surface area contributed by atoms with E-state index in [4.69, 9.17) is 4.74 Å². The van der Waals surface area contributed by atoms with Crippen molar-refractivity contribution < 1.29 is 4.74 Å². The van der Waals surface area contributed by atoms with Gasteiger partial charge < -0.3 is 4.74 Å². The van der Waals surface area contributed by atoms with Gasteiger partial charge in [0.2, 0.25) is 22.3 Å². The Hall–Kier alpha value is -1.74. The molecule has 20 heavy (non-hydrogen) atoms. The van der Waals surface area contributed by atoms with E-state index in [1.54, 1.807) is 11.8 Å². The maximum absolute atomic E-state index is 5.11. The molecule has 3 aromatic heterocycles. The van der Waals surface area contributed by atoms with Gasteiger partial charge in [0.15, 0.2) is 15.1 Å². The van der Waals surface area contributed by atoms with Gasteiger partial charge >= 0.3 is 0 Å². The Morgan fingerprint density at radius 2 is 2.20 bits per heavy atom. The highest BCUT2D eigenvalue weighted by molar-refractivity contribution is 8.44. The lowest BCUT2D eigenvalue weighted by Crippen LogP contribution is -2.04. The van der Waals surface area contributed by atoms with Gasteiger partial charge in [-0.3, -0.25) is 0 Å². The number of pyridine rings is 1. The predicted molar refractivity (Wildman–Crippen MR) is 78.0 cm³/mol. The van der Waals surface area contributed by atoms with Crippen LogP contribution in [-0.2, 0) is 0 Å². The molecule has 3 heterocycles. The summed E-state index contributed by atoms with van der Waals surface area (Å²) in [6, 6.07) is 4.02. The molecule has 0 saturated carbocycles. The maximum atomic E-state index is 5.11. The van der Waals surface area contributed by atoms with E-state index < -0.39 is 0 Å². The Morgan fingerprint density at radius 1 is 1.35 bits per heavy atom. The molecule has 0 bridgehead atoms. The van der Waals surface area contributed by atoms with Crippen molar-refractivity contribution in [3.63, 3.8) is 0 Å². The molecule has 3 rings (SSSR count). The quantitative estimate of drug-likeness (QED) is 0.541. The summed E-state index contributed by atoms with van der Waals surface area (Å²) in [6.45, 7) is 4.08. The normalized spacial score (nSPS) is 12.3. The standard InChI is InChI=1S/C11H13N6OS2/c1-7(2)17-11(13-15-16-17)19-20-6-8-4-5-9(18-3)12-10(8)14-20/h4-7H,1-3H3/q+1. The van der Waals surface area contributed by atoms with Gasteiger partial charge in [-0.25, -0.2) is 4.68 Å². The average molecular weight is 309 g/mol. The van der Waals surface area contributed by atoms with Crippen LogP contribution in [0.2, 0.25) is 0 Å². The number of tetrazole rings is 1. The van der Waals surface area contributed by atoms with Gasteiger partial charge in [-0.05, 0) is 34.7 Å². The van der Waals surface area contributed by atoms with Gasteiger partial charge in [0.05, 0.1) is 18.5 Å². The number of ether oxygens (including phenoxy) is 1. The van der Waals surface area contributed by atoms with Gasteiger partial charge in [0, 0.05) is 6.07 Å². The molecule has 0 aliphatic heterocycles. The second-order valence-corrected chi connectivity index (χ2v) is 7.36. The third-order valence-corrected chi connectivity index (χ3v) is 5.47. The molecule has 0 saturated heterocycles. The molecule has 7 nitrogen and oxygen atoms in total. The SMILES string of the molecule is COc1ccc2c[s+](Sc3nnnn3C(C)C)nc2n1. The first kappa shape index (κ1) is 13.3. The van der Waals surface area contributed by atoms with Crippen LogP contribution in [0.5, 0.6) is 5.88 Å². The first-order valence-electron chi connectivity index (χ1n) is 5.98. The van der Waals surface area contributed by atoms with Crippen molar-refractivity contribution >= 4 is 31.5 Å². The molecular weight excluding hydrogens is 296 g/mol. The Bertz CT molecular complexity index is 737. The summed E-state index contributed by atoms with van der Waals surface area (Å²) in [6.07, 6.45) is 0. The Kier molecular flexibility index (Phi) is 3.53. The van der Waals surface area contributed by atoms with Crippen molar-refractivity contribution in [2.24, 2.45) is 0 Å². The maximum Gasteiger partial charge on any atom is 0.269 e. The summed E-state index contributed by atoms with van der Waals surface area (Å²) >= 11 is 0. The number of hydrogen-bond acceptors (Lipinski definition) is 7. The lowest BCUT2D eigenvalue weighted by atomic mass is 10.4. The molecule has 0 aliphatic rings. The van der Waals surface area contributed by atoms with Crippen molar-refractivity contribution in [1.82, 2.24) is 29.6 Å². The highest BCUT2D eigenvalue weighted by Gasteiger charge is 2.22. The molecule has 9 heteroatoms. The Balaban J connectivity index is 1.92. The number of aromatic nitrogens is 6.